The molecule has 0 spiro atoms. The third kappa shape index (κ3) is 6.41. The van der Waals surface area contributed by atoms with Gasteiger partial charge < -0.3 is 4.18 Å². The van der Waals surface area contributed by atoms with Gasteiger partial charge in [0.1, 0.15) is 16.7 Å². The van der Waals surface area contributed by atoms with E-state index in [1.165, 1.54) is 48.5 Å². The van der Waals surface area contributed by atoms with Crippen LogP contribution in [0.2, 0.25) is 0 Å². The normalized spacial score (nSPS) is 12.7. The number of amides is 1. The zero-order valence-corrected chi connectivity index (χ0v) is 20.2. The van der Waals surface area contributed by atoms with Crippen molar-refractivity contribution in [3.05, 3.63) is 89.5 Å². The smallest absolute Gasteiger partial charge is 0.339 e. The molecular formula is C23H25N3O6S2. The molecule has 180 valence electrons. The number of carbonyl (C=O) groups is 1. The SMILES string of the molecule is Cc1ccc(S(=O)(=O)NC(Cc2ccc(OS(=O)(=O)c3ccc(C)cc3)cc2)C(=O)NN)cc1. The van der Waals surface area contributed by atoms with Crippen LogP contribution in [0.1, 0.15) is 16.7 Å². The highest BCUT2D eigenvalue weighted by atomic mass is 32.2. The fourth-order valence-electron chi connectivity index (χ4n) is 3.06. The molecule has 34 heavy (non-hydrogen) atoms. The summed E-state index contributed by atoms with van der Waals surface area (Å²) in [7, 11) is -8.00. The maximum Gasteiger partial charge on any atom is 0.339 e. The molecule has 0 fully saturated rings. The Labute approximate surface area is 199 Å². The highest BCUT2D eigenvalue weighted by molar-refractivity contribution is 7.89. The lowest BCUT2D eigenvalue weighted by Crippen LogP contribution is -2.49. The van der Waals surface area contributed by atoms with E-state index in [1.807, 2.05) is 19.3 Å². The molecule has 4 N–H and O–H groups in total. The quantitative estimate of drug-likeness (QED) is 0.175. The number of nitrogens with one attached hydrogen (secondary N) is 2. The maximum atomic E-state index is 12.7. The summed E-state index contributed by atoms with van der Waals surface area (Å²) >= 11 is 0. The largest absolute Gasteiger partial charge is 0.379 e. The van der Waals surface area contributed by atoms with Crippen molar-refractivity contribution >= 4 is 26.0 Å². The predicted octanol–water partition coefficient (Wildman–Crippen LogP) is 1.95. The van der Waals surface area contributed by atoms with Crippen LogP contribution < -0.4 is 20.2 Å². The van der Waals surface area contributed by atoms with Crippen molar-refractivity contribution in [1.82, 2.24) is 10.1 Å². The summed E-state index contributed by atoms with van der Waals surface area (Å²) in [5.74, 6) is 4.59. The third-order valence-electron chi connectivity index (χ3n) is 4.97. The summed E-state index contributed by atoms with van der Waals surface area (Å²) in [5, 5.41) is 0. The van der Waals surface area contributed by atoms with Crippen molar-refractivity contribution < 1.29 is 25.8 Å². The Balaban J connectivity index is 1.74. The molecule has 0 saturated heterocycles. The molecule has 9 nitrogen and oxygen atoms in total. The Kier molecular flexibility index (Phi) is 7.72. The Hall–Kier alpha value is -3.25. The van der Waals surface area contributed by atoms with Crippen LogP contribution in [0.5, 0.6) is 5.75 Å². The van der Waals surface area contributed by atoms with E-state index in [0.29, 0.717) is 5.56 Å². The first kappa shape index (κ1) is 25.4. The molecule has 0 aromatic heterocycles. The lowest BCUT2D eigenvalue weighted by molar-refractivity contribution is -0.122. The van der Waals surface area contributed by atoms with Crippen LogP contribution in [0.4, 0.5) is 0 Å². The van der Waals surface area contributed by atoms with E-state index in [1.54, 1.807) is 24.3 Å². The summed E-state index contributed by atoms with van der Waals surface area (Å²) in [6.45, 7) is 3.67. The predicted molar refractivity (Wildman–Crippen MR) is 127 cm³/mol. The second kappa shape index (κ2) is 10.3. The Morgan fingerprint density at radius 3 is 1.82 bits per heavy atom. The molecule has 3 aromatic carbocycles. The topological polar surface area (TPSA) is 145 Å². The number of carbonyl (C=O) groups excluding carboxylic acids is 1. The van der Waals surface area contributed by atoms with Gasteiger partial charge >= 0.3 is 10.1 Å². The van der Waals surface area contributed by atoms with Crippen molar-refractivity contribution in [1.29, 1.82) is 0 Å². The summed E-state index contributed by atoms with van der Waals surface area (Å²) in [6.07, 6.45) is -0.0287. The number of nitrogens with two attached hydrogens (primary N) is 1. The third-order valence-corrected chi connectivity index (χ3v) is 7.72. The zero-order chi connectivity index (χ0) is 24.9. The van der Waals surface area contributed by atoms with Crippen LogP contribution in [0.3, 0.4) is 0 Å². The molecule has 3 aromatic rings. The lowest BCUT2D eigenvalue weighted by Gasteiger charge is -2.18. The van der Waals surface area contributed by atoms with Gasteiger partial charge in [0.05, 0.1) is 4.90 Å². The minimum absolute atomic E-state index is 0.0120. The van der Waals surface area contributed by atoms with Crippen molar-refractivity contribution in [3.63, 3.8) is 0 Å². The molecule has 0 aliphatic heterocycles. The second-order valence-electron chi connectivity index (χ2n) is 7.69. The molecule has 0 radical (unpaired) electrons. The van der Waals surface area contributed by atoms with Crippen LogP contribution in [0.15, 0.2) is 82.6 Å². The monoisotopic (exact) mass is 503 g/mol. The molecule has 11 heteroatoms. The van der Waals surface area contributed by atoms with Gasteiger partial charge in [-0.05, 0) is 62.2 Å². The van der Waals surface area contributed by atoms with Gasteiger partial charge in [0, 0.05) is 0 Å². The average Bonchev–Trinajstić information content (AvgIpc) is 2.79. The summed E-state index contributed by atoms with van der Waals surface area (Å²) in [5.41, 5.74) is 4.32. The highest BCUT2D eigenvalue weighted by Gasteiger charge is 2.26. The number of rotatable bonds is 9. The maximum absolute atomic E-state index is 12.7. The van der Waals surface area contributed by atoms with Crippen molar-refractivity contribution in [2.75, 3.05) is 0 Å². The molecule has 1 unspecified atom stereocenters. The van der Waals surface area contributed by atoms with E-state index in [9.17, 15) is 21.6 Å². The van der Waals surface area contributed by atoms with E-state index in [2.05, 4.69) is 4.72 Å². The zero-order valence-electron chi connectivity index (χ0n) is 18.6. The van der Waals surface area contributed by atoms with E-state index in [0.717, 1.165) is 11.1 Å². The molecular weight excluding hydrogens is 478 g/mol. The van der Waals surface area contributed by atoms with Crippen LogP contribution >= 0.6 is 0 Å². The van der Waals surface area contributed by atoms with Crippen molar-refractivity contribution in [2.45, 2.75) is 36.1 Å². The van der Waals surface area contributed by atoms with Gasteiger partial charge in [-0.3, -0.25) is 10.2 Å². The highest BCUT2D eigenvalue weighted by Crippen LogP contribution is 2.20. The molecule has 0 heterocycles. The van der Waals surface area contributed by atoms with Crippen molar-refractivity contribution in [2.24, 2.45) is 5.84 Å². The minimum Gasteiger partial charge on any atom is -0.379 e. The molecule has 0 bridgehead atoms. The Morgan fingerprint density at radius 2 is 1.32 bits per heavy atom. The summed E-state index contributed by atoms with van der Waals surface area (Å²) in [6, 6.07) is 17.1. The number of hydrogen-bond acceptors (Lipinski definition) is 7. The van der Waals surface area contributed by atoms with Crippen molar-refractivity contribution in [3.8, 4) is 5.75 Å². The summed E-state index contributed by atoms with van der Waals surface area (Å²) < 4.78 is 57.9. The van der Waals surface area contributed by atoms with Gasteiger partial charge in [0.25, 0.3) is 5.91 Å². The van der Waals surface area contributed by atoms with Gasteiger partial charge in [-0.15, -0.1) is 0 Å². The van der Waals surface area contributed by atoms with Gasteiger partial charge in [-0.1, -0.05) is 47.5 Å². The molecule has 1 amide bonds. The van der Waals surface area contributed by atoms with E-state index in [4.69, 9.17) is 10.0 Å². The minimum atomic E-state index is -4.01. The van der Waals surface area contributed by atoms with Gasteiger partial charge in [0.2, 0.25) is 10.0 Å². The molecule has 1 atom stereocenters. The molecule has 0 saturated carbocycles. The van der Waals surface area contributed by atoms with Gasteiger partial charge in [-0.25, -0.2) is 14.3 Å². The van der Waals surface area contributed by atoms with E-state index >= 15 is 0 Å². The average molecular weight is 504 g/mol. The summed E-state index contributed by atoms with van der Waals surface area (Å²) in [4.78, 5) is 12.3. The fourth-order valence-corrected chi connectivity index (χ4v) is 5.18. The van der Waals surface area contributed by atoms with E-state index in [-0.39, 0.29) is 22.0 Å². The van der Waals surface area contributed by atoms with Gasteiger partial charge in [0.15, 0.2) is 0 Å². The first-order valence-electron chi connectivity index (χ1n) is 10.2. The number of hydrazine groups is 1. The second-order valence-corrected chi connectivity index (χ2v) is 11.0. The molecule has 0 aliphatic carbocycles. The first-order chi connectivity index (χ1) is 16.0. The molecule has 0 aliphatic rings. The number of aryl methyl sites for hydroxylation is 2. The lowest BCUT2D eigenvalue weighted by atomic mass is 10.1. The Bertz CT molecular complexity index is 1350. The fraction of sp³-hybridized carbons (Fsp3) is 0.174. The molecule has 3 rings (SSSR count). The van der Waals surface area contributed by atoms with Gasteiger partial charge in [-0.2, -0.15) is 13.1 Å². The van der Waals surface area contributed by atoms with Crippen LogP contribution in [0, 0.1) is 13.8 Å². The first-order valence-corrected chi connectivity index (χ1v) is 13.1. The number of benzene rings is 3. The van der Waals surface area contributed by atoms with Crippen LogP contribution in [-0.2, 0) is 31.4 Å². The van der Waals surface area contributed by atoms with Crippen LogP contribution in [0.25, 0.3) is 0 Å². The van der Waals surface area contributed by atoms with E-state index < -0.39 is 32.1 Å². The number of sulfonamides is 1. The van der Waals surface area contributed by atoms with Crippen LogP contribution in [-0.4, -0.2) is 28.8 Å². The standard InChI is InChI=1S/C23H25N3O6S2/c1-16-3-11-20(12-4-16)33(28,29)26-22(23(27)25-24)15-18-7-9-19(10-8-18)32-34(30,31)21-13-5-17(2)6-14-21/h3-14,22,26H,15,24H2,1-2H3,(H,25,27). The number of hydrogen-bond donors (Lipinski definition) is 3. The Morgan fingerprint density at radius 1 is 0.824 bits per heavy atom.